The number of hydrogen-bond acceptors (Lipinski definition) is 4. The van der Waals surface area contributed by atoms with Crippen LogP contribution in [0.2, 0.25) is 0 Å². The lowest BCUT2D eigenvalue weighted by atomic mass is 9.92. The number of benzene rings is 2. The van der Waals surface area contributed by atoms with Gasteiger partial charge in [0.15, 0.2) is 0 Å². The molecule has 2 N–H and O–H groups in total. The highest BCUT2D eigenvalue weighted by molar-refractivity contribution is 7.15. The van der Waals surface area contributed by atoms with Crippen molar-refractivity contribution in [2.45, 2.75) is 6.92 Å². The lowest BCUT2D eigenvalue weighted by Crippen LogP contribution is -2.36. The second kappa shape index (κ2) is 6.11. The topological polar surface area (TPSA) is 52.6 Å². The standard InChI is InChI=1S/C20H16N2O2S/c1-13(23)22-20(24)17(15-10-6-3-7-11-15)18-16(12-25-19(18)21-22)14-8-4-2-5-9-14/h2-12,21,24H,1H3. The van der Waals surface area contributed by atoms with E-state index in [4.69, 9.17) is 0 Å². The highest BCUT2D eigenvalue weighted by Crippen LogP contribution is 2.46. The molecule has 0 fully saturated rings. The van der Waals surface area contributed by atoms with E-state index in [9.17, 15) is 9.90 Å². The summed E-state index contributed by atoms with van der Waals surface area (Å²) in [4.78, 5) is 11.9. The van der Waals surface area contributed by atoms with Gasteiger partial charge in [-0.05, 0) is 11.1 Å². The summed E-state index contributed by atoms with van der Waals surface area (Å²) in [6, 6.07) is 19.7. The first-order valence-corrected chi connectivity index (χ1v) is 8.78. The van der Waals surface area contributed by atoms with E-state index >= 15 is 0 Å². The molecule has 4 nitrogen and oxygen atoms in total. The zero-order valence-electron chi connectivity index (χ0n) is 13.6. The monoisotopic (exact) mass is 348 g/mol. The summed E-state index contributed by atoms with van der Waals surface area (Å²) in [6.07, 6.45) is 0. The molecule has 2 heterocycles. The Hall–Kier alpha value is -3.05. The third-order valence-electron chi connectivity index (χ3n) is 4.15. The molecule has 0 radical (unpaired) electrons. The number of aliphatic hydroxyl groups is 1. The van der Waals surface area contributed by atoms with E-state index in [2.05, 4.69) is 5.43 Å². The fraction of sp³-hybridized carbons (Fsp3) is 0.0500. The van der Waals surface area contributed by atoms with Crippen molar-refractivity contribution in [3.63, 3.8) is 0 Å². The molecule has 25 heavy (non-hydrogen) atoms. The molecule has 4 rings (SSSR count). The number of amides is 1. The number of carbonyl (C=O) groups is 1. The van der Waals surface area contributed by atoms with E-state index in [-0.39, 0.29) is 11.8 Å². The van der Waals surface area contributed by atoms with Gasteiger partial charge in [0.05, 0.1) is 5.57 Å². The normalized spacial score (nSPS) is 13.4. The van der Waals surface area contributed by atoms with E-state index in [1.165, 1.54) is 23.3 Å². The zero-order chi connectivity index (χ0) is 17.4. The summed E-state index contributed by atoms with van der Waals surface area (Å²) in [5, 5.41) is 14.9. The molecule has 0 bridgehead atoms. The minimum atomic E-state index is -0.272. The van der Waals surface area contributed by atoms with Crippen molar-refractivity contribution in [3.05, 3.63) is 83.1 Å². The number of anilines is 1. The van der Waals surface area contributed by atoms with Crippen molar-refractivity contribution < 1.29 is 9.90 Å². The van der Waals surface area contributed by atoms with Crippen molar-refractivity contribution in [2.24, 2.45) is 0 Å². The molecular weight excluding hydrogens is 332 g/mol. The predicted molar refractivity (Wildman–Crippen MR) is 101 cm³/mol. The van der Waals surface area contributed by atoms with Crippen molar-refractivity contribution in [3.8, 4) is 11.1 Å². The molecule has 0 unspecified atom stereocenters. The Morgan fingerprint density at radius 3 is 2.20 bits per heavy atom. The Morgan fingerprint density at radius 2 is 1.60 bits per heavy atom. The molecule has 0 saturated carbocycles. The maximum Gasteiger partial charge on any atom is 0.245 e. The van der Waals surface area contributed by atoms with Gasteiger partial charge in [0.2, 0.25) is 11.8 Å². The molecule has 0 aliphatic carbocycles. The van der Waals surface area contributed by atoms with E-state index in [0.29, 0.717) is 5.57 Å². The number of carbonyl (C=O) groups excluding carboxylic acids is 1. The molecule has 0 saturated heterocycles. The number of nitrogens with one attached hydrogen (secondary N) is 1. The Kier molecular flexibility index (Phi) is 3.78. The molecular formula is C20H16N2O2S. The Morgan fingerprint density at radius 1 is 1.00 bits per heavy atom. The predicted octanol–water partition coefficient (Wildman–Crippen LogP) is 4.88. The smallest absolute Gasteiger partial charge is 0.245 e. The molecule has 2 aromatic carbocycles. The average Bonchev–Trinajstić information content (AvgIpc) is 3.06. The van der Waals surface area contributed by atoms with Gasteiger partial charge in [0, 0.05) is 23.4 Å². The van der Waals surface area contributed by atoms with Crippen LogP contribution in [0.3, 0.4) is 0 Å². The van der Waals surface area contributed by atoms with Crippen LogP contribution in [0.4, 0.5) is 5.00 Å². The van der Waals surface area contributed by atoms with Gasteiger partial charge < -0.3 is 5.11 Å². The fourth-order valence-corrected chi connectivity index (χ4v) is 3.97. The molecule has 0 spiro atoms. The third kappa shape index (κ3) is 2.58. The highest BCUT2D eigenvalue weighted by Gasteiger charge is 2.31. The van der Waals surface area contributed by atoms with Crippen LogP contribution in [0.5, 0.6) is 0 Å². The number of fused-ring (bicyclic) bond motifs is 1. The van der Waals surface area contributed by atoms with Crippen LogP contribution in [-0.2, 0) is 4.79 Å². The summed E-state index contributed by atoms with van der Waals surface area (Å²) in [7, 11) is 0. The van der Waals surface area contributed by atoms with Gasteiger partial charge in [-0.3, -0.25) is 10.2 Å². The maximum absolute atomic E-state index is 11.9. The van der Waals surface area contributed by atoms with Gasteiger partial charge in [0.1, 0.15) is 5.00 Å². The van der Waals surface area contributed by atoms with Crippen molar-refractivity contribution in [2.75, 3.05) is 5.43 Å². The maximum atomic E-state index is 11.9. The van der Waals surface area contributed by atoms with Crippen LogP contribution >= 0.6 is 11.3 Å². The zero-order valence-corrected chi connectivity index (χ0v) is 14.4. The van der Waals surface area contributed by atoms with Gasteiger partial charge in [-0.15, -0.1) is 11.3 Å². The van der Waals surface area contributed by atoms with Gasteiger partial charge in [-0.1, -0.05) is 60.7 Å². The van der Waals surface area contributed by atoms with E-state index < -0.39 is 0 Å². The van der Waals surface area contributed by atoms with Crippen molar-refractivity contribution in [1.29, 1.82) is 0 Å². The van der Waals surface area contributed by atoms with Gasteiger partial charge in [-0.2, -0.15) is 5.01 Å². The van der Waals surface area contributed by atoms with Gasteiger partial charge in [-0.25, -0.2) is 0 Å². The number of thiophene rings is 1. The summed E-state index contributed by atoms with van der Waals surface area (Å²) in [5.74, 6) is -0.354. The minimum Gasteiger partial charge on any atom is -0.493 e. The van der Waals surface area contributed by atoms with Crippen LogP contribution in [-0.4, -0.2) is 16.0 Å². The van der Waals surface area contributed by atoms with Crippen LogP contribution in [0.1, 0.15) is 18.1 Å². The SMILES string of the molecule is CC(=O)N1Nc2scc(-c3ccccc3)c2C(c2ccccc2)=C1O. The number of nitrogens with zero attached hydrogens (tertiary/aromatic N) is 1. The molecule has 1 amide bonds. The highest BCUT2D eigenvalue weighted by atomic mass is 32.1. The Balaban J connectivity index is 1.98. The second-order valence-electron chi connectivity index (χ2n) is 5.75. The van der Waals surface area contributed by atoms with E-state index in [1.807, 2.05) is 66.0 Å². The van der Waals surface area contributed by atoms with E-state index in [0.717, 1.165) is 27.3 Å². The Labute approximate surface area is 149 Å². The van der Waals surface area contributed by atoms with Crippen LogP contribution in [0.25, 0.3) is 16.7 Å². The van der Waals surface area contributed by atoms with Crippen molar-refractivity contribution in [1.82, 2.24) is 5.01 Å². The average molecular weight is 348 g/mol. The van der Waals surface area contributed by atoms with Gasteiger partial charge in [0.25, 0.3) is 0 Å². The quantitative estimate of drug-likeness (QED) is 0.694. The number of rotatable bonds is 2. The molecule has 1 aromatic heterocycles. The third-order valence-corrected chi connectivity index (χ3v) is 5.04. The summed E-state index contributed by atoms with van der Waals surface area (Å²) in [6.45, 7) is 1.42. The molecule has 1 aliphatic heterocycles. The molecule has 1 aliphatic rings. The molecule has 3 aromatic rings. The van der Waals surface area contributed by atoms with Crippen LogP contribution < -0.4 is 5.43 Å². The van der Waals surface area contributed by atoms with Crippen molar-refractivity contribution >= 4 is 27.8 Å². The second-order valence-corrected chi connectivity index (χ2v) is 6.63. The largest absolute Gasteiger partial charge is 0.493 e. The lowest BCUT2D eigenvalue weighted by molar-refractivity contribution is -0.127. The first-order valence-electron chi connectivity index (χ1n) is 7.90. The number of hydrogen-bond donors (Lipinski definition) is 2. The first kappa shape index (κ1) is 15.5. The fourth-order valence-electron chi connectivity index (χ4n) is 3.00. The lowest BCUT2D eigenvalue weighted by Gasteiger charge is -2.29. The number of aliphatic hydroxyl groups excluding tert-OH is 1. The summed E-state index contributed by atoms with van der Waals surface area (Å²) in [5.41, 5.74) is 7.57. The summed E-state index contributed by atoms with van der Waals surface area (Å²) >= 11 is 1.52. The van der Waals surface area contributed by atoms with Crippen LogP contribution in [0, 0.1) is 0 Å². The molecule has 124 valence electrons. The molecule has 0 atom stereocenters. The van der Waals surface area contributed by atoms with Gasteiger partial charge >= 0.3 is 0 Å². The van der Waals surface area contributed by atoms with E-state index in [1.54, 1.807) is 0 Å². The summed E-state index contributed by atoms with van der Waals surface area (Å²) < 4.78 is 0. The first-order chi connectivity index (χ1) is 12.2. The van der Waals surface area contributed by atoms with Crippen LogP contribution in [0.15, 0.2) is 71.9 Å². The number of hydrazine groups is 1. The minimum absolute atomic E-state index is 0.0817. The Bertz CT molecular complexity index is 962. The molecule has 5 heteroatoms.